The standard InChI is InChI=1S/C18H22N2OS/c1-14(2)12-19-18(22)20-16-8-10-17(11-9-16)21-13-15-6-4-3-5-7-15/h3-11,14H,12-13H2,1-2H3,(H2,19,20,22). The Morgan fingerprint density at radius 2 is 1.73 bits per heavy atom. The summed E-state index contributed by atoms with van der Waals surface area (Å²) >= 11 is 5.25. The van der Waals surface area contributed by atoms with E-state index < -0.39 is 0 Å². The molecule has 0 bridgehead atoms. The molecule has 116 valence electrons. The summed E-state index contributed by atoms with van der Waals surface area (Å²) in [6, 6.07) is 17.9. The molecule has 0 heterocycles. The van der Waals surface area contributed by atoms with Crippen LogP contribution in [0.25, 0.3) is 0 Å². The van der Waals surface area contributed by atoms with E-state index in [4.69, 9.17) is 17.0 Å². The maximum absolute atomic E-state index is 5.75. The molecule has 2 aromatic carbocycles. The lowest BCUT2D eigenvalue weighted by Crippen LogP contribution is -2.31. The summed E-state index contributed by atoms with van der Waals surface area (Å²) in [6.45, 7) is 5.73. The lowest BCUT2D eigenvalue weighted by Gasteiger charge is -2.12. The molecule has 2 rings (SSSR count). The van der Waals surface area contributed by atoms with Crippen molar-refractivity contribution in [2.24, 2.45) is 5.92 Å². The molecule has 0 saturated carbocycles. The molecule has 22 heavy (non-hydrogen) atoms. The van der Waals surface area contributed by atoms with Gasteiger partial charge in [-0.15, -0.1) is 0 Å². The van der Waals surface area contributed by atoms with E-state index in [2.05, 4.69) is 36.6 Å². The number of thiocarbonyl (C=S) groups is 1. The minimum absolute atomic E-state index is 0.563. The lowest BCUT2D eigenvalue weighted by molar-refractivity contribution is 0.306. The van der Waals surface area contributed by atoms with Gasteiger partial charge in [0.25, 0.3) is 0 Å². The SMILES string of the molecule is CC(C)CNC(=S)Nc1ccc(OCc2ccccc2)cc1. The van der Waals surface area contributed by atoms with Gasteiger partial charge in [-0.3, -0.25) is 0 Å². The average molecular weight is 314 g/mol. The van der Waals surface area contributed by atoms with Crippen LogP contribution in [0.1, 0.15) is 19.4 Å². The Kier molecular flexibility index (Phi) is 6.22. The number of anilines is 1. The Hall–Kier alpha value is -2.07. The van der Waals surface area contributed by atoms with Crippen molar-refractivity contribution in [3.05, 3.63) is 60.2 Å². The summed E-state index contributed by atoms with van der Waals surface area (Å²) in [5.74, 6) is 1.41. The third-order valence-corrected chi connectivity index (χ3v) is 3.28. The molecule has 0 aliphatic carbocycles. The number of ether oxygens (including phenoxy) is 1. The lowest BCUT2D eigenvalue weighted by atomic mass is 10.2. The van der Waals surface area contributed by atoms with E-state index >= 15 is 0 Å². The molecule has 0 aromatic heterocycles. The fraction of sp³-hybridized carbons (Fsp3) is 0.278. The maximum Gasteiger partial charge on any atom is 0.170 e. The highest BCUT2D eigenvalue weighted by Gasteiger charge is 2.00. The van der Waals surface area contributed by atoms with Crippen LogP contribution in [0, 0.1) is 5.92 Å². The zero-order valence-electron chi connectivity index (χ0n) is 13.0. The molecule has 0 aliphatic heterocycles. The molecule has 0 atom stereocenters. The summed E-state index contributed by atoms with van der Waals surface area (Å²) < 4.78 is 5.75. The largest absolute Gasteiger partial charge is 0.489 e. The summed E-state index contributed by atoms with van der Waals surface area (Å²) in [5.41, 5.74) is 2.11. The summed E-state index contributed by atoms with van der Waals surface area (Å²) in [5, 5.41) is 6.99. The Bertz CT molecular complexity index is 582. The third-order valence-electron chi connectivity index (χ3n) is 3.03. The van der Waals surface area contributed by atoms with Crippen molar-refractivity contribution in [2.45, 2.75) is 20.5 Å². The van der Waals surface area contributed by atoms with Gasteiger partial charge in [0.05, 0.1) is 0 Å². The highest BCUT2D eigenvalue weighted by molar-refractivity contribution is 7.80. The van der Waals surface area contributed by atoms with Crippen molar-refractivity contribution in [1.29, 1.82) is 0 Å². The Labute approximate surface area is 137 Å². The van der Waals surface area contributed by atoms with E-state index in [0.717, 1.165) is 23.5 Å². The smallest absolute Gasteiger partial charge is 0.170 e. The van der Waals surface area contributed by atoms with E-state index in [9.17, 15) is 0 Å². The average Bonchev–Trinajstić information content (AvgIpc) is 2.53. The fourth-order valence-electron chi connectivity index (χ4n) is 1.85. The topological polar surface area (TPSA) is 33.3 Å². The van der Waals surface area contributed by atoms with Crippen LogP contribution in [-0.4, -0.2) is 11.7 Å². The van der Waals surface area contributed by atoms with E-state index in [1.54, 1.807) is 0 Å². The molecule has 2 N–H and O–H groups in total. The Morgan fingerprint density at radius 1 is 1.05 bits per heavy atom. The van der Waals surface area contributed by atoms with Crippen molar-refractivity contribution in [3.8, 4) is 5.75 Å². The molecule has 0 amide bonds. The molecule has 0 spiro atoms. The van der Waals surface area contributed by atoms with Gasteiger partial charge in [0.1, 0.15) is 12.4 Å². The van der Waals surface area contributed by atoms with Gasteiger partial charge in [-0.25, -0.2) is 0 Å². The summed E-state index contributed by atoms with van der Waals surface area (Å²) in [6.07, 6.45) is 0. The third kappa shape index (κ3) is 5.74. The molecule has 4 heteroatoms. The molecular formula is C18H22N2OS. The number of nitrogens with one attached hydrogen (secondary N) is 2. The zero-order chi connectivity index (χ0) is 15.8. The molecule has 2 aromatic rings. The van der Waals surface area contributed by atoms with Gasteiger partial charge in [0, 0.05) is 12.2 Å². The van der Waals surface area contributed by atoms with Crippen LogP contribution in [0.3, 0.4) is 0 Å². The first-order valence-corrected chi connectivity index (χ1v) is 7.86. The van der Waals surface area contributed by atoms with Crippen LogP contribution < -0.4 is 15.4 Å². The van der Waals surface area contributed by atoms with E-state index in [1.165, 1.54) is 0 Å². The van der Waals surface area contributed by atoms with Crippen LogP contribution in [0.4, 0.5) is 5.69 Å². The molecule has 0 aliphatic rings. The van der Waals surface area contributed by atoms with Gasteiger partial charge < -0.3 is 15.4 Å². The highest BCUT2D eigenvalue weighted by Crippen LogP contribution is 2.17. The number of hydrogen-bond donors (Lipinski definition) is 2. The molecular weight excluding hydrogens is 292 g/mol. The minimum atomic E-state index is 0.563. The van der Waals surface area contributed by atoms with Crippen LogP contribution in [-0.2, 0) is 6.61 Å². The number of rotatable bonds is 6. The van der Waals surface area contributed by atoms with Crippen LogP contribution in [0.5, 0.6) is 5.75 Å². The molecule has 0 fully saturated rings. The molecule has 0 radical (unpaired) electrons. The second kappa shape index (κ2) is 8.39. The monoisotopic (exact) mass is 314 g/mol. The Balaban J connectivity index is 1.81. The van der Waals surface area contributed by atoms with Crippen molar-refractivity contribution >= 4 is 23.0 Å². The van der Waals surface area contributed by atoms with Gasteiger partial charge in [0.15, 0.2) is 5.11 Å². The van der Waals surface area contributed by atoms with E-state index in [0.29, 0.717) is 17.6 Å². The first-order valence-electron chi connectivity index (χ1n) is 7.45. The van der Waals surface area contributed by atoms with Crippen LogP contribution in [0.2, 0.25) is 0 Å². The van der Waals surface area contributed by atoms with Gasteiger partial charge in [-0.1, -0.05) is 44.2 Å². The fourth-order valence-corrected chi connectivity index (χ4v) is 2.05. The van der Waals surface area contributed by atoms with Crippen LogP contribution in [0.15, 0.2) is 54.6 Å². The summed E-state index contributed by atoms with van der Waals surface area (Å²) in [4.78, 5) is 0. The first-order chi connectivity index (χ1) is 10.6. The quantitative estimate of drug-likeness (QED) is 0.783. The van der Waals surface area contributed by atoms with Gasteiger partial charge in [0.2, 0.25) is 0 Å². The van der Waals surface area contributed by atoms with Gasteiger partial charge in [-0.05, 0) is 48.0 Å². The second-order valence-electron chi connectivity index (χ2n) is 5.53. The normalized spacial score (nSPS) is 10.3. The molecule has 0 saturated heterocycles. The highest BCUT2D eigenvalue weighted by atomic mass is 32.1. The van der Waals surface area contributed by atoms with Crippen molar-refractivity contribution < 1.29 is 4.74 Å². The van der Waals surface area contributed by atoms with E-state index in [1.807, 2.05) is 42.5 Å². The first kappa shape index (κ1) is 16.3. The maximum atomic E-state index is 5.75. The second-order valence-corrected chi connectivity index (χ2v) is 5.94. The van der Waals surface area contributed by atoms with Crippen molar-refractivity contribution in [3.63, 3.8) is 0 Å². The van der Waals surface area contributed by atoms with Crippen molar-refractivity contribution in [2.75, 3.05) is 11.9 Å². The predicted octanol–water partition coefficient (Wildman–Crippen LogP) is 4.21. The summed E-state index contributed by atoms with van der Waals surface area (Å²) in [7, 11) is 0. The number of benzene rings is 2. The van der Waals surface area contributed by atoms with Gasteiger partial charge >= 0.3 is 0 Å². The van der Waals surface area contributed by atoms with Gasteiger partial charge in [-0.2, -0.15) is 0 Å². The minimum Gasteiger partial charge on any atom is -0.489 e. The van der Waals surface area contributed by atoms with Crippen LogP contribution >= 0.6 is 12.2 Å². The zero-order valence-corrected chi connectivity index (χ0v) is 13.8. The molecule has 0 unspecified atom stereocenters. The Morgan fingerprint density at radius 3 is 2.36 bits per heavy atom. The number of hydrogen-bond acceptors (Lipinski definition) is 2. The van der Waals surface area contributed by atoms with E-state index in [-0.39, 0.29) is 0 Å². The van der Waals surface area contributed by atoms with Crippen molar-refractivity contribution in [1.82, 2.24) is 5.32 Å². The predicted molar refractivity (Wildman–Crippen MR) is 96.3 cm³/mol. The molecule has 3 nitrogen and oxygen atoms in total.